The van der Waals surface area contributed by atoms with Crippen LogP contribution >= 0.6 is 11.3 Å². The van der Waals surface area contributed by atoms with E-state index in [2.05, 4.69) is 10.4 Å². The van der Waals surface area contributed by atoms with E-state index in [9.17, 15) is 9.59 Å². The van der Waals surface area contributed by atoms with Crippen LogP contribution < -0.4 is 5.32 Å². The van der Waals surface area contributed by atoms with Gasteiger partial charge in [0.05, 0.1) is 12.8 Å². The first kappa shape index (κ1) is 15.9. The van der Waals surface area contributed by atoms with Gasteiger partial charge in [-0.05, 0) is 17.7 Å². The van der Waals surface area contributed by atoms with Gasteiger partial charge in [0.25, 0.3) is 5.91 Å². The van der Waals surface area contributed by atoms with Gasteiger partial charge in [-0.2, -0.15) is 5.10 Å². The molecule has 2 aromatic heterocycles. The van der Waals surface area contributed by atoms with Gasteiger partial charge in [0.2, 0.25) is 0 Å². The zero-order valence-electron chi connectivity index (χ0n) is 13.1. The molecule has 24 heavy (non-hydrogen) atoms. The van der Waals surface area contributed by atoms with Gasteiger partial charge in [0, 0.05) is 18.1 Å². The number of carbonyl (C=O) groups excluding carboxylic acids is 2. The molecule has 0 aliphatic heterocycles. The van der Waals surface area contributed by atoms with E-state index in [4.69, 9.17) is 4.74 Å². The third-order valence-electron chi connectivity index (χ3n) is 3.36. The highest BCUT2D eigenvalue weighted by molar-refractivity contribution is 7.18. The highest BCUT2D eigenvalue weighted by Crippen LogP contribution is 2.35. The number of benzene rings is 1. The van der Waals surface area contributed by atoms with Crippen LogP contribution in [-0.2, 0) is 11.8 Å². The molecular formula is C17H15N3O3S. The molecule has 1 aromatic carbocycles. The summed E-state index contributed by atoms with van der Waals surface area (Å²) in [7, 11) is 3.04. The summed E-state index contributed by atoms with van der Waals surface area (Å²) >= 11 is 1.27. The summed E-state index contributed by atoms with van der Waals surface area (Å²) in [6.07, 6.45) is 1.68. The molecule has 122 valence electrons. The van der Waals surface area contributed by atoms with Crippen molar-refractivity contribution in [3.63, 3.8) is 0 Å². The molecule has 6 nitrogen and oxygen atoms in total. The minimum atomic E-state index is -0.487. The van der Waals surface area contributed by atoms with Crippen molar-refractivity contribution in [3.05, 3.63) is 59.2 Å². The third-order valence-corrected chi connectivity index (χ3v) is 4.52. The van der Waals surface area contributed by atoms with Crippen molar-refractivity contribution in [2.24, 2.45) is 7.05 Å². The minimum absolute atomic E-state index is 0.278. The number of hydrogen-bond donors (Lipinski definition) is 1. The number of thiophene rings is 1. The van der Waals surface area contributed by atoms with Crippen molar-refractivity contribution in [2.75, 3.05) is 12.4 Å². The van der Waals surface area contributed by atoms with E-state index < -0.39 is 5.97 Å². The first-order chi connectivity index (χ1) is 11.6. The zero-order chi connectivity index (χ0) is 17.1. The Bertz CT molecular complexity index is 884. The normalized spacial score (nSPS) is 10.4. The lowest BCUT2D eigenvalue weighted by atomic mass is 10.2. The lowest BCUT2D eigenvalue weighted by molar-refractivity contribution is 0.0607. The molecule has 0 aliphatic carbocycles. The maximum Gasteiger partial charge on any atom is 0.350 e. The smallest absolute Gasteiger partial charge is 0.350 e. The van der Waals surface area contributed by atoms with Crippen molar-refractivity contribution in [1.29, 1.82) is 0 Å². The van der Waals surface area contributed by atoms with Gasteiger partial charge >= 0.3 is 5.97 Å². The SMILES string of the molecule is COC(=O)c1sc(-c2ccccc2)cc1NC(=O)c1ccn(C)n1. The van der Waals surface area contributed by atoms with E-state index in [0.29, 0.717) is 10.6 Å². The fraction of sp³-hybridized carbons (Fsp3) is 0.118. The van der Waals surface area contributed by atoms with E-state index in [1.807, 2.05) is 30.3 Å². The van der Waals surface area contributed by atoms with Gasteiger partial charge in [-0.25, -0.2) is 4.79 Å². The Balaban J connectivity index is 1.95. The van der Waals surface area contributed by atoms with E-state index in [-0.39, 0.29) is 11.6 Å². The van der Waals surface area contributed by atoms with Crippen LogP contribution in [0.4, 0.5) is 5.69 Å². The number of nitrogens with zero attached hydrogens (tertiary/aromatic N) is 2. The number of aryl methyl sites for hydroxylation is 1. The summed E-state index contributed by atoms with van der Waals surface area (Å²) in [5.41, 5.74) is 1.66. The Kier molecular flexibility index (Phi) is 4.43. The first-order valence-corrected chi connectivity index (χ1v) is 7.98. The maximum atomic E-state index is 12.3. The molecule has 7 heteroatoms. The quantitative estimate of drug-likeness (QED) is 0.740. The number of amides is 1. The monoisotopic (exact) mass is 341 g/mol. The summed E-state index contributed by atoms with van der Waals surface area (Å²) in [5.74, 6) is -0.864. The molecule has 0 bridgehead atoms. The van der Waals surface area contributed by atoms with Crippen LogP contribution in [0.2, 0.25) is 0 Å². The molecule has 0 atom stereocenters. The van der Waals surface area contributed by atoms with Crippen LogP contribution in [-0.4, -0.2) is 28.8 Å². The van der Waals surface area contributed by atoms with Gasteiger partial charge in [-0.3, -0.25) is 9.48 Å². The molecule has 0 aliphatic rings. The topological polar surface area (TPSA) is 73.2 Å². The lowest BCUT2D eigenvalue weighted by Gasteiger charge is -2.03. The fourth-order valence-electron chi connectivity index (χ4n) is 2.20. The van der Waals surface area contributed by atoms with E-state index in [0.717, 1.165) is 10.4 Å². The third kappa shape index (κ3) is 3.21. The summed E-state index contributed by atoms with van der Waals surface area (Å²) in [6.45, 7) is 0. The number of hydrogen-bond acceptors (Lipinski definition) is 5. The Morgan fingerprint density at radius 2 is 1.96 bits per heavy atom. The summed E-state index contributed by atoms with van der Waals surface area (Å²) in [6, 6.07) is 13.0. The predicted molar refractivity (Wildman–Crippen MR) is 92.3 cm³/mol. The molecule has 2 heterocycles. The Morgan fingerprint density at radius 1 is 1.21 bits per heavy atom. The van der Waals surface area contributed by atoms with Crippen molar-refractivity contribution in [3.8, 4) is 10.4 Å². The lowest BCUT2D eigenvalue weighted by Crippen LogP contribution is -2.14. The predicted octanol–water partition coefficient (Wildman–Crippen LogP) is 3.19. The van der Waals surface area contributed by atoms with E-state index in [1.165, 1.54) is 18.4 Å². The van der Waals surface area contributed by atoms with Gasteiger partial charge in [0.15, 0.2) is 5.69 Å². The molecule has 0 radical (unpaired) electrons. The maximum absolute atomic E-state index is 12.3. The summed E-state index contributed by atoms with van der Waals surface area (Å²) in [5, 5.41) is 6.80. The summed E-state index contributed by atoms with van der Waals surface area (Å²) in [4.78, 5) is 25.5. The summed E-state index contributed by atoms with van der Waals surface area (Å²) < 4.78 is 6.36. The van der Waals surface area contributed by atoms with Crippen molar-refractivity contribution in [1.82, 2.24) is 9.78 Å². The number of rotatable bonds is 4. The first-order valence-electron chi connectivity index (χ1n) is 7.17. The fourth-order valence-corrected chi connectivity index (χ4v) is 3.23. The largest absolute Gasteiger partial charge is 0.465 e. The van der Waals surface area contributed by atoms with Gasteiger partial charge in [-0.1, -0.05) is 30.3 Å². The van der Waals surface area contributed by atoms with Crippen molar-refractivity contribution >= 4 is 28.9 Å². The molecular weight excluding hydrogens is 326 g/mol. The minimum Gasteiger partial charge on any atom is -0.465 e. The molecule has 1 N–H and O–H groups in total. The molecule has 1 amide bonds. The van der Waals surface area contributed by atoms with Crippen LogP contribution in [0, 0.1) is 0 Å². The molecule has 0 unspecified atom stereocenters. The molecule has 3 aromatic rings. The second-order valence-electron chi connectivity index (χ2n) is 5.04. The van der Waals surface area contributed by atoms with Crippen LogP contribution in [0.1, 0.15) is 20.2 Å². The number of carbonyl (C=O) groups is 2. The number of nitrogens with one attached hydrogen (secondary N) is 1. The number of methoxy groups -OCH3 is 1. The van der Waals surface area contributed by atoms with Gasteiger partial charge in [-0.15, -0.1) is 11.3 Å². The Hall–Kier alpha value is -2.93. The van der Waals surface area contributed by atoms with Crippen LogP contribution in [0.5, 0.6) is 0 Å². The average Bonchev–Trinajstić information content (AvgIpc) is 3.21. The van der Waals surface area contributed by atoms with Crippen LogP contribution in [0.15, 0.2) is 48.7 Å². The molecule has 3 rings (SSSR count). The van der Waals surface area contributed by atoms with Crippen molar-refractivity contribution < 1.29 is 14.3 Å². The van der Waals surface area contributed by atoms with Gasteiger partial charge in [0.1, 0.15) is 4.88 Å². The second-order valence-corrected chi connectivity index (χ2v) is 6.09. The number of anilines is 1. The molecule has 0 fully saturated rings. The van der Waals surface area contributed by atoms with Gasteiger partial charge < -0.3 is 10.1 Å². The second kappa shape index (κ2) is 6.67. The van der Waals surface area contributed by atoms with E-state index >= 15 is 0 Å². The standard InChI is InChI=1S/C17H15N3O3S/c1-20-9-8-12(19-20)16(21)18-13-10-14(11-6-4-3-5-7-11)24-15(13)17(22)23-2/h3-10H,1-2H3,(H,18,21). The molecule has 0 saturated heterocycles. The Labute approximate surface area is 142 Å². The number of aromatic nitrogens is 2. The molecule has 0 spiro atoms. The van der Waals surface area contributed by atoms with Crippen LogP contribution in [0.25, 0.3) is 10.4 Å². The number of ether oxygens (including phenoxy) is 1. The Morgan fingerprint density at radius 3 is 2.58 bits per heavy atom. The molecule has 0 saturated carbocycles. The highest BCUT2D eigenvalue weighted by atomic mass is 32.1. The van der Waals surface area contributed by atoms with E-state index in [1.54, 1.807) is 30.1 Å². The van der Waals surface area contributed by atoms with Crippen molar-refractivity contribution in [2.45, 2.75) is 0 Å². The van der Waals surface area contributed by atoms with Crippen LogP contribution in [0.3, 0.4) is 0 Å². The average molecular weight is 341 g/mol. The highest BCUT2D eigenvalue weighted by Gasteiger charge is 2.20. The number of esters is 1. The zero-order valence-corrected chi connectivity index (χ0v) is 14.0.